The van der Waals surface area contributed by atoms with Crippen LogP contribution in [0.5, 0.6) is 6.01 Å². The van der Waals surface area contributed by atoms with Crippen molar-refractivity contribution < 1.29 is 13.2 Å². The molecule has 1 N–H and O–H groups in total. The Hall–Kier alpha value is -2.94. The summed E-state index contributed by atoms with van der Waals surface area (Å²) in [6, 6.07) is 8.36. The minimum absolute atomic E-state index is 0.132. The maximum Gasteiger partial charge on any atom is 0.316 e. The van der Waals surface area contributed by atoms with Crippen molar-refractivity contribution in [2.24, 2.45) is 0 Å². The molecule has 0 radical (unpaired) electrons. The second-order valence-corrected chi connectivity index (χ2v) is 6.42. The Morgan fingerprint density at radius 1 is 1.17 bits per heavy atom. The van der Waals surface area contributed by atoms with Crippen molar-refractivity contribution in [3.8, 4) is 11.7 Å². The highest BCUT2D eigenvalue weighted by atomic mass is 32.2. The number of hydrogen-bond donors (Lipinski definition) is 1. The van der Waals surface area contributed by atoms with E-state index in [4.69, 9.17) is 4.74 Å². The lowest BCUT2D eigenvalue weighted by Gasteiger charge is -2.09. The van der Waals surface area contributed by atoms with Gasteiger partial charge in [-0.15, -0.1) is 0 Å². The molecule has 0 amide bonds. The minimum Gasteiger partial charge on any atom is -0.464 e. The van der Waals surface area contributed by atoms with Gasteiger partial charge >= 0.3 is 6.01 Å². The third kappa shape index (κ3) is 3.51. The quantitative estimate of drug-likeness (QED) is 0.732. The summed E-state index contributed by atoms with van der Waals surface area (Å²) in [6.45, 7) is 2.25. The van der Waals surface area contributed by atoms with Gasteiger partial charge in [-0.3, -0.25) is 4.72 Å². The Morgan fingerprint density at radius 3 is 2.46 bits per heavy atom. The zero-order valence-corrected chi connectivity index (χ0v) is 13.6. The molecule has 24 heavy (non-hydrogen) atoms. The van der Waals surface area contributed by atoms with Crippen LogP contribution in [0.2, 0.25) is 0 Å². The SMILES string of the molecule is CCOc1ncc(NS(=O)(=O)c2ccc(-n3cccn3)cc2)cn1. The summed E-state index contributed by atoms with van der Waals surface area (Å²) < 4.78 is 34.0. The summed E-state index contributed by atoms with van der Waals surface area (Å²) >= 11 is 0. The van der Waals surface area contributed by atoms with Crippen molar-refractivity contribution in [3.63, 3.8) is 0 Å². The molecule has 0 saturated carbocycles. The molecule has 0 saturated heterocycles. The summed E-state index contributed by atoms with van der Waals surface area (Å²) in [5.74, 6) is 0. The van der Waals surface area contributed by atoms with Gasteiger partial charge in [0.25, 0.3) is 10.0 Å². The molecule has 0 spiro atoms. The number of rotatable bonds is 6. The van der Waals surface area contributed by atoms with E-state index >= 15 is 0 Å². The van der Waals surface area contributed by atoms with E-state index in [-0.39, 0.29) is 16.6 Å². The first-order valence-electron chi connectivity index (χ1n) is 7.16. The average molecular weight is 345 g/mol. The number of aromatic nitrogens is 4. The fourth-order valence-corrected chi connectivity index (χ4v) is 3.01. The fraction of sp³-hybridized carbons (Fsp3) is 0.133. The van der Waals surface area contributed by atoms with E-state index in [0.29, 0.717) is 6.61 Å². The van der Waals surface area contributed by atoms with Gasteiger partial charge in [0, 0.05) is 12.4 Å². The maximum atomic E-state index is 12.4. The molecule has 1 aromatic carbocycles. The van der Waals surface area contributed by atoms with E-state index in [2.05, 4.69) is 19.8 Å². The molecule has 0 unspecified atom stereocenters. The topological polar surface area (TPSA) is 99.0 Å². The summed E-state index contributed by atoms with van der Waals surface area (Å²) in [6.07, 6.45) is 6.14. The van der Waals surface area contributed by atoms with Crippen LogP contribution >= 0.6 is 0 Å². The molecule has 0 aliphatic heterocycles. The van der Waals surface area contributed by atoms with Crippen LogP contribution in [0.4, 0.5) is 5.69 Å². The molecule has 0 aliphatic rings. The van der Waals surface area contributed by atoms with Crippen molar-refractivity contribution in [2.75, 3.05) is 11.3 Å². The maximum absolute atomic E-state index is 12.4. The Kier molecular flexibility index (Phi) is 4.43. The molecule has 8 nitrogen and oxygen atoms in total. The molecular weight excluding hydrogens is 330 g/mol. The number of ether oxygens (including phenoxy) is 1. The van der Waals surface area contributed by atoms with Crippen molar-refractivity contribution >= 4 is 15.7 Å². The second-order valence-electron chi connectivity index (χ2n) is 4.74. The first kappa shape index (κ1) is 15.9. The van der Waals surface area contributed by atoms with Crippen molar-refractivity contribution in [3.05, 3.63) is 55.1 Å². The molecule has 124 valence electrons. The molecule has 0 fully saturated rings. The second kappa shape index (κ2) is 6.67. The van der Waals surface area contributed by atoms with E-state index in [9.17, 15) is 8.42 Å². The summed E-state index contributed by atoms with van der Waals surface area (Å²) in [4.78, 5) is 7.98. The highest BCUT2D eigenvalue weighted by Crippen LogP contribution is 2.17. The van der Waals surface area contributed by atoms with Crippen LogP contribution < -0.4 is 9.46 Å². The molecule has 3 aromatic rings. The number of anilines is 1. The van der Waals surface area contributed by atoms with Crippen molar-refractivity contribution in [1.29, 1.82) is 0 Å². The van der Waals surface area contributed by atoms with E-state index < -0.39 is 10.0 Å². The van der Waals surface area contributed by atoms with Crippen molar-refractivity contribution in [2.45, 2.75) is 11.8 Å². The number of nitrogens with zero attached hydrogens (tertiary/aromatic N) is 4. The lowest BCUT2D eigenvalue weighted by molar-refractivity contribution is 0.312. The van der Waals surface area contributed by atoms with Crippen LogP contribution in [-0.2, 0) is 10.0 Å². The van der Waals surface area contributed by atoms with Gasteiger partial charge < -0.3 is 4.74 Å². The summed E-state index contributed by atoms with van der Waals surface area (Å²) in [5, 5.41) is 4.09. The number of nitrogens with one attached hydrogen (secondary N) is 1. The van der Waals surface area contributed by atoms with Crippen LogP contribution in [-0.4, -0.2) is 34.8 Å². The van der Waals surface area contributed by atoms with Gasteiger partial charge in [0.15, 0.2) is 0 Å². The molecule has 2 aromatic heterocycles. The molecule has 0 bridgehead atoms. The summed E-state index contributed by atoms with van der Waals surface area (Å²) in [5.41, 5.74) is 1.03. The van der Waals surface area contributed by atoms with E-state index in [1.54, 1.807) is 35.3 Å². The predicted molar refractivity (Wildman–Crippen MR) is 87.6 cm³/mol. The number of benzene rings is 1. The lowest BCUT2D eigenvalue weighted by Crippen LogP contribution is -2.13. The smallest absolute Gasteiger partial charge is 0.316 e. The highest BCUT2D eigenvalue weighted by Gasteiger charge is 2.15. The standard InChI is InChI=1S/C15H15N5O3S/c1-2-23-15-16-10-12(11-17-15)19-24(21,22)14-6-4-13(5-7-14)20-9-3-8-18-20/h3-11,19H,2H2,1H3. The first-order chi connectivity index (χ1) is 11.6. The van der Waals surface area contributed by atoms with Gasteiger partial charge in [-0.2, -0.15) is 5.10 Å². The Balaban J connectivity index is 1.77. The normalized spacial score (nSPS) is 11.2. The molecule has 3 rings (SSSR count). The van der Waals surface area contributed by atoms with Crippen LogP contribution in [0.1, 0.15) is 6.92 Å². The zero-order chi connectivity index (χ0) is 17.0. The van der Waals surface area contributed by atoms with Gasteiger partial charge in [0.1, 0.15) is 0 Å². The van der Waals surface area contributed by atoms with E-state index in [0.717, 1.165) is 5.69 Å². The largest absolute Gasteiger partial charge is 0.464 e. The summed E-state index contributed by atoms with van der Waals surface area (Å²) in [7, 11) is -3.72. The van der Waals surface area contributed by atoms with Crippen LogP contribution in [0.25, 0.3) is 5.69 Å². The Labute approximate surface area is 139 Å². The zero-order valence-electron chi connectivity index (χ0n) is 12.8. The van der Waals surface area contributed by atoms with Crippen LogP contribution in [0, 0.1) is 0 Å². The molecule has 2 heterocycles. The van der Waals surface area contributed by atoms with E-state index in [1.807, 2.05) is 6.92 Å². The third-order valence-electron chi connectivity index (χ3n) is 3.07. The van der Waals surface area contributed by atoms with Crippen LogP contribution in [0.3, 0.4) is 0 Å². The molecular formula is C15H15N5O3S. The predicted octanol–water partition coefficient (Wildman–Crippen LogP) is 1.86. The van der Waals surface area contributed by atoms with Crippen LogP contribution in [0.15, 0.2) is 60.0 Å². The van der Waals surface area contributed by atoms with Gasteiger partial charge in [-0.1, -0.05) is 0 Å². The molecule has 0 aliphatic carbocycles. The van der Waals surface area contributed by atoms with Gasteiger partial charge in [0.05, 0.1) is 35.3 Å². The average Bonchev–Trinajstić information content (AvgIpc) is 3.11. The van der Waals surface area contributed by atoms with Crippen molar-refractivity contribution in [1.82, 2.24) is 19.7 Å². The minimum atomic E-state index is -3.72. The van der Waals surface area contributed by atoms with Gasteiger partial charge in [0.2, 0.25) is 0 Å². The highest BCUT2D eigenvalue weighted by molar-refractivity contribution is 7.92. The Morgan fingerprint density at radius 2 is 1.88 bits per heavy atom. The third-order valence-corrected chi connectivity index (χ3v) is 4.47. The molecule has 9 heteroatoms. The number of sulfonamides is 1. The lowest BCUT2D eigenvalue weighted by atomic mass is 10.3. The fourth-order valence-electron chi connectivity index (χ4n) is 1.99. The van der Waals surface area contributed by atoms with Gasteiger partial charge in [-0.25, -0.2) is 23.1 Å². The van der Waals surface area contributed by atoms with E-state index in [1.165, 1.54) is 24.5 Å². The Bertz CT molecular complexity index is 891. The molecule has 0 atom stereocenters. The number of hydrogen-bond acceptors (Lipinski definition) is 6. The first-order valence-corrected chi connectivity index (χ1v) is 8.64. The van der Waals surface area contributed by atoms with Gasteiger partial charge in [-0.05, 0) is 37.3 Å². The monoisotopic (exact) mass is 345 g/mol.